The monoisotopic (exact) mass is 467 g/mol. The molecule has 0 bridgehead atoms. The van der Waals surface area contributed by atoms with Crippen molar-refractivity contribution in [3.63, 3.8) is 0 Å². The van der Waals surface area contributed by atoms with Crippen LogP contribution in [0.5, 0.6) is 5.75 Å². The number of nitrogens with zero attached hydrogens (tertiary/aromatic N) is 2. The van der Waals surface area contributed by atoms with Crippen LogP contribution in [0.15, 0.2) is 52.1 Å². The largest absolute Gasteiger partial charge is 0.484 e. The van der Waals surface area contributed by atoms with Gasteiger partial charge < -0.3 is 19.2 Å². The number of halogens is 2. The van der Waals surface area contributed by atoms with Crippen molar-refractivity contribution in [2.24, 2.45) is 0 Å². The van der Waals surface area contributed by atoms with Gasteiger partial charge in [0, 0.05) is 5.02 Å². The number of carbonyl (C=O) groups excluding carboxylic acids is 2. The van der Waals surface area contributed by atoms with E-state index in [0.717, 1.165) is 11.8 Å². The van der Waals surface area contributed by atoms with E-state index in [0.29, 0.717) is 21.5 Å². The number of rotatable bonds is 8. The maximum Gasteiger partial charge on any atom is 0.337 e. The van der Waals surface area contributed by atoms with Crippen LogP contribution < -0.4 is 10.1 Å². The number of amides is 1. The van der Waals surface area contributed by atoms with Gasteiger partial charge >= 0.3 is 5.97 Å². The van der Waals surface area contributed by atoms with E-state index in [1.165, 1.54) is 25.3 Å². The van der Waals surface area contributed by atoms with Crippen LogP contribution in [0.4, 0.5) is 5.69 Å². The predicted molar refractivity (Wildman–Crippen MR) is 112 cm³/mol. The Morgan fingerprint density at radius 2 is 1.90 bits per heavy atom. The van der Waals surface area contributed by atoms with Crippen molar-refractivity contribution >= 4 is 52.5 Å². The highest BCUT2D eigenvalue weighted by Crippen LogP contribution is 2.24. The van der Waals surface area contributed by atoms with E-state index in [4.69, 9.17) is 32.4 Å². The van der Waals surface area contributed by atoms with E-state index in [1.54, 1.807) is 24.3 Å². The van der Waals surface area contributed by atoms with Gasteiger partial charge in [-0.2, -0.15) is 0 Å². The minimum absolute atomic E-state index is 0.00153. The van der Waals surface area contributed by atoms with Crippen molar-refractivity contribution in [2.45, 2.75) is 11.8 Å². The Bertz CT molecular complexity index is 1040. The van der Waals surface area contributed by atoms with E-state index in [1.807, 2.05) is 0 Å². The van der Waals surface area contributed by atoms with E-state index < -0.39 is 5.97 Å². The Labute approximate surface area is 185 Å². The molecule has 0 saturated heterocycles. The quantitative estimate of drug-likeness (QED) is 0.382. The molecule has 2 aromatic carbocycles. The minimum Gasteiger partial charge on any atom is -0.484 e. The lowest BCUT2D eigenvalue weighted by Crippen LogP contribution is -2.15. The Morgan fingerprint density at radius 1 is 1.13 bits per heavy atom. The summed E-state index contributed by atoms with van der Waals surface area (Å²) in [5, 5.41) is 11.5. The van der Waals surface area contributed by atoms with Gasteiger partial charge in [0.2, 0.25) is 5.91 Å². The summed E-state index contributed by atoms with van der Waals surface area (Å²) >= 11 is 12.9. The Kier molecular flexibility index (Phi) is 7.56. The number of nitrogens with one attached hydrogen (secondary N) is 1. The minimum atomic E-state index is -0.532. The normalized spacial score (nSPS) is 10.5. The number of carbonyl (C=O) groups is 2. The van der Waals surface area contributed by atoms with Crippen molar-refractivity contribution in [1.29, 1.82) is 0 Å². The average Bonchev–Trinajstić information content (AvgIpc) is 3.21. The molecule has 8 nitrogen and oxygen atoms in total. The maximum atomic E-state index is 12.2. The Balaban J connectivity index is 1.50. The zero-order valence-corrected chi connectivity index (χ0v) is 17.9. The third-order valence-electron chi connectivity index (χ3n) is 3.61. The van der Waals surface area contributed by atoms with Crippen molar-refractivity contribution in [1.82, 2.24) is 10.2 Å². The highest BCUT2D eigenvalue weighted by atomic mass is 35.5. The first-order valence-electron chi connectivity index (χ1n) is 8.46. The van der Waals surface area contributed by atoms with Crippen molar-refractivity contribution in [3.05, 3.63) is 64.0 Å². The molecule has 0 saturated carbocycles. The van der Waals surface area contributed by atoms with Gasteiger partial charge in [-0.15, -0.1) is 10.2 Å². The Hall–Kier alpha value is -2.75. The first kappa shape index (κ1) is 21.9. The summed E-state index contributed by atoms with van der Waals surface area (Å²) in [4.78, 5) is 23.8. The van der Waals surface area contributed by atoms with Gasteiger partial charge in [0.15, 0.2) is 6.61 Å². The molecule has 0 radical (unpaired) electrons. The number of methoxy groups -OCH3 is 1. The topological polar surface area (TPSA) is 104 Å². The highest BCUT2D eigenvalue weighted by molar-refractivity contribution is 7.99. The van der Waals surface area contributed by atoms with E-state index in [2.05, 4.69) is 20.3 Å². The summed E-state index contributed by atoms with van der Waals surface area (Å²) in [5.74, 6) is -0.0194. The molecule has 0 fully saturated rings. The van der Waals surface area contributed by atoms with Crippen LogP contribution in [0.1, 0.15) is 16.2 Å². The molecule has 1 N–H and O–H groups in total. The molecule has 30 heavy (non-hydrogen) atoms. The van der Waals surface area contributed by atoms with Gasteiger partial charge in [0.05, 0.1) is 29.1 Å². The molecule has 11 heteroatoms. The van der Waals surface area contributed by atoms with Gasteiger partial charge in [-0.05, 0) is 42.5 Å². The summed E-state index contributed by atoms with van der Waals surface area (Å²) in [6.07, 6.45) is 0. The Morgan fingerprint density at radius 3 is 2.63 bits per heavy atom. The summed E-state index contributed by atoms with van der Waals surface area (Å²) in [6.45, 7) is 0.0807. The van der Waals surface area contributed by atoms with E-state index in [9.17, 15) is 9.59 Å². The molecule has 1 heterocycles. The molecule has 0 aliphatic carbocycles. The molecule has 0 aliphatic heterocycles. The molecule has 3 rings (SSSR count). The molecule has 0 unspecified atom stereocenters. The smallest absolute Gasteiger partial charge is 0.337 e. The van der Waals surface area contributed by atoms with Gasteiger partial charge in [-0.3, -0.25) is 4.79 Å². The first-order valence-corrected chi connectivity index (χ1v) is 10.2. The van der Waals surface area contributed by atoms with Crippen LogP contribution >= 0.6 is 35.0 Å². The third-order valence-corrected chi connectivity index (χ3v) is 5.01. The molecule has 0 aliphatic rings. The van der Waals surface area contributed by atoms with Crippen LogP contribution in [0, 0.1) is 0 Å². The number of benzene rings is 2. The molecule has 156 valence electrons. The summed E-state index contributed by atoms with van der Waals surface area (Å²) in [6, 6.07) is 11.3. The number of hydrogen-bond acceptors (Lipinski definition) is 8. The van der Waals surface area contributed by atoms with Gasteiger partial charge in [-0.1, -0.05) is 35.0 Å². The van der Waals surface area contributed by atoms with Crippen LogP contribution in [-0.4, -0.2) is 34.9 Å². The molecule has 3 aromatic rings. The van der Waals surface area contributed by atoms with Crippen LogP contribution in [-0.2, 0) is 16.1 Å². The fourth-order valence-corrected chi connectivity index (χ4v) is 3.08. The second kappa shape index (κ2) is 10.3. The van der Waals surface area contributed by atoms with Crippen LogP contribution in [0.2, 0.25) is 10.0 Å². The molecule has 0 spiro atoms. The third kappa shape index (κ3) is 6.12. The second-order valence-electron chi connectivity index (χ2n) is 5.73. The van der Waals surface area contributed by atoms with Crippen LogP contribution in [0.25, 0.3) is 0 Å². The lowest BCUT2D eigenvalue weighted by molar-refractivity contribution is -0.113. The van der Waals surface area contributed by atoms with Crippen molar-refractivity contribution in [2.75, 3.05) is 18.2 Å². The van der Waals surface area contributed by atoms with Gasteiger partial charge in [0.1, 0.15) is 5.75 Å². The predicted octanol–water partition coefficient (Wildman–Crippen LogP) is 4.47. The SMILES string of the molecule is COC(=O)c1ccc(Cl)c(NC(=O)CSc2nnc(COc3ccc(Cl)cc3)o2)c1. The maximum absolute atomic E-state index is 12.2. The van der Waals surface area contributed by atoms with Gasteiger partial charge in [0.25, 0.3) is 11.1 Å². The number of esters is 1. The fourth-order valence-electron chi connectivity index (χ4n) is 2.21. The fraction of sp³-hybridized carbons (Fsp3) is 0.158. The average molecular weight is 468 g/mol. The molecule has 1 aromatic heterocycles. The molecular formula is C19H15Cl2N3O5S. The number of hydrogen-bond donors (Lipinski definition) is 1. The van der Waals surface area contributed by atoms with Crippen molar-refractivity contribution in [3.8, 4) is 5.75 Å². The van der Waals surface area contributed by atoms with E-state index in [-0.39, 0.29) is 34.9 Å². The van der Waals surface area contributed by atoms with Crippen LogP contribution in [0.3, 0.4) is 0 Å². The lowest BCUT2D eigenvalue weighted by atomic mass is 10.2. The molecule has 0 atom stereocenters. The number of thioether (sulfide) groups is 1. The molecule has 1 amide bonds. The summed E-state index contributed by atoms with van der Waals surface area (Å²) < 4.78 is 15.6. The zero-order valence-electron chi connectivity index (χ0n) is 15.6. The number of ether oxygens (including phenoxy) is 2. The molecular weight excluding hydrogens is 453 g/mol. The summed E-state index contributed by atoms with van der Waals surface area (Å²) in [5.41, 5.74) is 0.569. The number of aromatic nitrogens is 2. The number of anilines is 1. The standard InChI is InChI=1S/C19H15Cl2N3O5S/c1-27-18(26)11-2-7-14(21)15(8-11)22-16(25)10-30-19-24-23-17(29-19)9-28-13-5-3-12(20)4-6-13/h2-8H,9-10H2,1H3,(H,22,25). The summed E-state index contributed by atoms with van der Waals surface area (Å²) in [7, 11) is 1.27. The lowest BCUT2D eigenvalue weighted by Gasteiger charge is -2.08. The van der Waals surface area contributed by atoms with Gasteiger partial charge in [-0.25, -0.2) is 4.79 Å². The zero-order chi connectivity index (χ0) is 21.5. The first-order chi connectivity index (χ1) is 14.4. The second-order valence-corrected chi connectivity index (χ2v) is 7.50. The van der Waals surface area contributed by atoms with Crippen molar-refractivity contribution < 1.29 is 23.5 Å². The van der Waals surface area contributed by atoms with E-state index >= 15 is 0 Å². The highest BCUT2D eigenvalue weighted by Gasteiger charge is 2.14.